The van der Waals surface area contributed by atoms with Crippen molar-refractivity contribution in [2.75, 3.05) is 6.54 Å². The number of aryl methyl sites for hydroxylation is 2. The second-order valence-electron chi connectivity index (χ2n) is 6.81. The summed E-state index contributed by atoms with van der Waals surface area (Å²) in [6, 6.07) is 13.6. The van der Waals surface area contributed by atoms with Crippen molar-refractivity contribution in [3.63, 3.8) is 0 Å². The number of aliphatic hydroxyl groups is 1. The summed E-state index contributed by atoms with van der Waals surface area (Å²) in [6.07, 6.45) is 4.27. The number of aliphatic hydroxyl groups excluding tert-OH is 1. The predicted octanol–water partition coefficient (Wildman–Crippen LogP) is 2.14. The fourth-order valence-electron chi connectivity index (χ4n) is 3.37. The molecule has 0 aliphatic carbocycles. The zero-order chi connectivity index (χ0) is 22.4. The van der Waals surface area contributed by atoms with Crippen LogP contribution >= 0.6 is 0 Å². The van der Waals surface area contributed by atoms with E-state index in [-0.39, 0.29) is 18.9 Å². The molecule has 0 aliphatic rings. The highest BCUT2D eigenvalue weighted by Gasteiger charge is 2.15. The van der Waals surface area contributed by atoms with Crippen molar-refractivity contribution in [2.45, 2.75) is 6.10 Å². The maximum atomic E-state index is 12.6. The third-order valence-electron chi connectivity index (χ3n) is 4.85. The number of nitrogens with zero attached hydrogens (tertiary/aromatic N) is 4. The number of hydrogen-bond acceptors (Lipinski definition) is 5. The van der Waals surface area contributed by atoms with Crippen molar-refractivity contribution in [2.24, 2.45) is 14.1 Å². The fraction of sp³-hybridized carbons (Fsp3) is 0.182. The van der Waals surface area contributed by atoms with Crippen LogP contribution in [-0.4, -0.2) is 48.5 Å². The number of hydrogen-bond donors (Lipinski definition) is 3. The van der Waals surface area contributed by atoms with Crippen LogP contribution in [0.5, 0.6) is 0 Å². The highest BCUT2D eigenvalue weighted by atomic mass is 16.3. The summed E-state index contributed by atoms with van der Waals surface area (Å²) < 4.78 is 3.56. The first-order valence-electron chi connectivity index (χ1n) is 9.48. The van der Waals surface area contributed by atoms with Gasteiger partial charge in [0.05, 0.1) is 12.2 Å². The molecular weight excluding hydrogens is 398 g/mol. The monoisotopic (exact) mass is 421 g/mol. The standard InChI is InChI=1S/C21H21N5O2.CH2O2/c1-25-11-10-22-20(25)19(27)13-23-21(28)15-6-7-16-14(12-15)4-3-5-17(16)18-8-9-24-26(18)2;2-1-3/h3-12,19,27H,13H2,1-2H3,(H,23,28);1H,(H,2,3). The lowest BCUT2D eigenvalue weighted by molar-refractivity contribution is -0.122. The molecule has 9 nitrogen and oxygen atoms in total. The Bertz CT molecular complexity index is 1200. The van der Waals surface area contributed by atoms with E-state index in [1.165, 1.54) is 0 Å². The van der Waals surface area contributed by atoms with Crippen molar-refractivity contribution in [3.05, 3.63) is 72.4 Å². The van der Waals surface area contributed by atoms with Crippen LogP contribution in [0.4, 0.5) is 0 Å². The Balaban J connectivity index is 0.000000858. The maximum absolute atomic E-state index is 12.6. The lowest BCUT2D eigenvalue weighted by atomic mass is 10.00. The summed E-state index contributed by atoms with van der Waals surface area (Å²) >= 11 is 0. The Morgan fingerprint density at radius 1 is 1.19 bits per heavy atom. The Hall–Kier alpha value is -3.98. The molecule has 1 unspecified atom stereocenters. The van der Waals surface area contributed by atoms with Gasteiger partial charge in [0.2, 0.25) is 0 Å². The number of benzene rings is 2. The number of carbonyl (C=O) groups excluding carboxylic acids is 1. The van der Waals surface area contributed by atoms with Gasteiger partial charge in [0.1, 0.15) is 11.9 Å². The average Bonchev–Trinajstić information content (AvgIpc) is 3.39. The molecule has 9 heteroatoms. The van der Waals surface area contributed by atoms with E-state index in [1.54, 1.807) is 36.3 Å². The van der Waals surface area contributed by atoms with E-state index in [0.717, 1.165) is 22.0 Å². The Morgan fingerprint density at radius 3 is 2.61 bits per heavy atom. The summed E-state index contributed by atoms with van der Waals surface area (Å²) in [5, 5.41) is 26.1. The van der Waals surface area contributed by atoms with Gasteiger partial charge in [-0.15, -0.1) is 0 Å². The second kappa shape index (κ2) is 9.68. The normalized spacial score (nSPS) is 11.5. The first-order chi connectivity index (χ1) is 15.0. The average molecular weight is 421 g/mol. The van der Waals surface area contributed by atoms with E-state index < -0.39 is 6.10 Å². The summed E-state index contributed by atoms with van der Waals surface area (Å²) in [4.78, 5) is 25.0. The van der Waals surface area contributed by atoms with Crippen molar-refractivity contribution < 1.29 is 19.8 Å². The molecule has 1 amide bonds. The van der Waals surface area contributed by atoms with Gasteiger partial charge < -0.3 is 20.1 Å². The molecule has 0 radical (unpaired) electrons. The zero-order valence-electron chi connectivity index (χ0n) is 17.1. The van der Waals surface area contributed by atoms with Crippen LogP contribution in [0.1, 0.15) is 22.3 Å². The summed E-state index contributed by atoms with van der Waals surface area (Å²) in [7, 11) is 3.71. The minimum Gasteiger partial charge on any atom is -0.483 e. The third-order valence-corrected chi connectivity index (χ3v) is 4.85. The second-order valence-corrected chi connectivity index (χ2v) is 6.81. The van der Waals surface area contributed by atoms with Crippen LogP contribution in [0.15, 0.2) is 61.1 Å². The van der Waals surface area contributed by atoms with Crippen molar-refractivity contribution in [3.8, 4) is 11.3 Å². The molecule has 2 heterocycles. The molecular formula is C22H23N5O4. The Labute approximate surface area is 178 Å². The summed E-state index contributed by atoms with van der Waals surface area (Å²) in [5.41, 5.74) is 2.62. The minimum absolute atomic E-state index is 0.0940. The zero-order valence-corrected chi connectivity index (χ0v) is 17.1. The molecule has 0 aliphatic heterocycles. The van der Waals surface area contributed by atoms with Gasteiger partial charge in [0.15, 0.2) is 0 Å². The van der Waals surface area contributed by atoms with E-state index in [4.69, 9.17) is 9.90 Å². The SMILES string of the molecule is Cn1ccnc1C(O)CNC(=O)c1ccc2c(-c3ccnn3C)cccc2c1.O=CO. The smallest absolute Gasteiger partial charge is 0.290 e. The van der Waals surface area contributed by atoms with Crippen LogP contribution < -0.4 is 5.32 Å². The van der Waals surface area contributed by atoms with Crippen molar-refractivity contribution >= 4 is 23.2 Å². The van der Waals surface area contributed by atoms with E-state index in [0.29, 0.717) is 11.4 Å². The van der Waals surface area contributed by atoms with E-state index in [9.17, 15) is 9.90 Å². The van der Waals surface area contributed by atoms with Gasteiger partial charge >= 0.3 is 0 Å². The highest BCUT2D eigenvalue weighted by Crippen LogP contribution is 2.28. The first-order valence-corrected chi connectivity index (χ1v) is 9.48. The van der Waals surface area contributed by atoms with Crippen molar-refractivity contribution in [1.29, 1.82) is 0 Å². The van der Waals surface area contributed by atoms with E-state index >= 15 is 0 Å². The predicted molar refractivity (Wildman–Crippen MR) is 115 cm³/mol. The van der Waals surface area contributed by atoms with E-state index in [1.807, 2.05) is 48.1 Å². The molecule has 4 aromatic rings. The van der Waals surface area contributed by atoms with Crippen LogP contribution in [0.3, 0.4) is 0 Å². The number of aromatic nitrogens is 4. The van der Waals surface area contributed by atoms with E-state index in [2.05, 4.69) is 15.4 Å². The molecule has 0 fully saturated rings. The van der Waals surface area contributed by atoms with Gasteiger partial charge in [-0.2, -0.15) is 5.10 Å². The highest BCUT2D eigenvalue weighted by molar-refractivity contribution is 6.02. The Morgan fingerprint density at radius 2 is 1.97 bits per heavy atom. The number of amides is 1. The Kier molecular flexibility index (Phi) is 6.78. The minimum atomic E-state index is -0.860. The molecule has 2 aromatic carbocycles. The molecule has 0 saturated heterocycles. The van der Waals surface area contributed by atoms with Gasteiger partial charge in [-0.1, -0.05) is 24.3 Å². The van der Waals surface area contributed by atoms with Gasteiger partial charge in [-0.3, -0.25) is 14.3 Å². The van der Waals surface area contributed by atoms with Crippen molar-refractivity contribution in [1.82, 2.24) is 24.6 Å². The van der Waals surface area contributed by atoms with Crippen LogP contribution in [0.2, 0.25) is 0 Å². The quantitative estimate of drug-likeness (QED) is 0.425. The number of rotatable bonds is 5. The molecule has 1 atom stereocenters. The molecule has 2 aromatic heterocycles. The van der Waals surface area contributed by atoms with Gasteiger partial charge in [-0.25, -0.2) is 4.98 Å². The molecule has 0 saturated carbocycles. The van der Waals surface area contributed by atoms with Crippen LogP contribution in [0.25, 0.3) is 22.0 Å². The van der Waals surface area contributed by atoms with Crippen LogP contribution in [-0.2, 0) is 18.9 Å². The topological polar surface area (TPSA) is 122 Å². The number of imidazole rings is 1. The fourth-order valence-corrected chi connectivity index (χ4v) is 3.37. The van der Waals surface area contributed by atoms with Crippen LogP contribution in [0, 0.1) is 0 Å². The number of nitrogens with one attached hydrogen (secondary N) is 1. The molecule has 3 N–H and O–H groups in total. The lowest BCUT2D eigenvalue weighted by Crippen LogP contribution is -2.29. The summed E-state index contributed by atoms with van der Waals surface area (Å²) in [5.74, 6) is 0.278. The lowest BCUT2D eigenvalue weighted by Gasteiger charge is -2.13. The first kappa shape index (κ1) is 21.7. The summed E-state index contributed by atoms with van der Waals surface area (Å²) in [6.45, 7) is -0.156. The molecule has 160 valence electrons. The number of fused-ring (bicyclic) bond motifs is 1. The van der Waals surface area contributed by atoms with Gasteiger partial charge in [0.25, 0.3) is 12.4 Å². The molecule has 4 rings (SSSR count). The van der Waals surface area contributed by atoms with Gasteiger partial charge in [-0.05, 0) is 29.0 Å². The number of carboxylic acid groups (broad SMARTS) is 1. The maximum Gasteiger partial charge on any atom is 0.290 e. The number of carbonyl (C=O) groups is 2. The van der Waals surface area contributed by atoms with Gasteiger partial charge in [0, 0.05) is 43.8 Å². The molecule has 0 spiro atoms. The third kappa shape index (κ3) is 4.78. The largest absolute Gasteiger partial charge is 0.483 e. The molecule has 31 heavy (non-hydrogen) atoms. The molecule has 0 bridgehead atoms.